The summed E-state index contributed by atoms with van der Waals surface area (Å²) >= 11 is 0. The standard InChI is InChI=1S/C58H38N2O/c1-3-14-39(15-4-1)54-24-13-25-55(40-16-5-2-6-17-40)60-58(59-54)53-35-44(34-52-51-33-41-18-7-8-19-42(41)36-56(51)61-57(52)53)38-28-26-37(27-29-38)43-30-31-49-47-22-10-9-20-45(47)46-21-11-12-23-48(46)50(49)32-43/h1-12,14-24,26-36H,13,25H2. The highest BCUT2D eigenvalue weighted by atomic mass is 16.3. The molecule has 0 aliphatic carbocycles. The third-order valence-electron chi connectivity index (χ3n) is 12.3. The highest BCUT2D eigenvalue weighted by molar-refractivity contribution is 6.26. The molecule has 0 atom stereocenters. The van der Waals surface area contributed by atoms with Gasteiger partial charge in [0.25, 0.3) is 0 Å². The van der Waals surface area contributed by atoms with E-state index in [-0.39, 0.29) is 0 Å². The van der Waals surface area contributed by atoms with Crippen LogP contribution in [0.1, 0.15) is 29.5 Å². The second-order valence-corrected chi connectivity index (χ2v) is 16.0. The van der Waals surface area contributed by atoms with Crippen LogP contribution in [0.4, 0.5) is 0 Å². The Morgan fingerprint density at radius 1 is 0.361 bits per heavy atom. The van der Waals surface area contributed by atoms with Gasteiger partial charge in [-0.2, -0.15) is 0 Å². The Hall–Kier alpha value is -7.88. The molecule has 0 saturated carbocycles. The first-order valence-corrected chi connectivity index (χ1v) is 21.0. The molecule has 0 unspecified atom stereocenters. The molecule has 12 rings (SSSR count). The molecule has 1 aromatic heterocycles. The van der Waals surface area contributed by atoms with E-state index in [1.807, 2.05) is 6.07 Å². The van der Waals surface area contributed by atoms with Crippen molar-refractivity contribution in [3.63, 3.8) is 0 Å². The van der Waals surface area contributed by atoms with Crippen molar-refractivity contribution in [1.29, 1.82) is 0 Å². The number of benzene rings is 10. The van der Waals surface area contributed by atoms with Gasteiger partial charge >= 0.3 is 0 Å². The second kappa shape index (κ2) is 14.4. The first-order chi connectivity index (χ1) is 30.2. The van der Waals surface area contributed by atoms with Crippen LogP contribution >= 0.6 is 0 Å². The Bertz CT molecular complexity index is 3580. The topological polar surface area (TPSA) is 37.9 Å². The number of allylic oxidation sites excluding steroid dienone is 1. The van der Waals surface area contributed by atoms with Crippen LogP contribution in [0, 0.1) is 0 Å². The van der Waals surface area contributed by atoms with Gasteiger partial charge in [0.1, 0.15) is 11.2 Å². The maximum absolute atomic E-state index is 6.89. The minimum Gasteiger partial charge on any atom is -0.455 e. The van der Waals surface area contributed by atoms with Crippen molar-refractivity contribution in [3.05, 3.63) is 223 Å². The Morgan fingerprint density at radius 3 is 1.59 bits per heavy atom. The first-order valence-electron chi connectivity index (χ1n) is 21.0. The van der Waals surface area contributed by atoms with E-state index in [1.54, 1.807) is 0 Å². The van der Waals surface area contributed by atoms with Crippen molar-refractivity contribution >= 4 is 82.3 Å². The van der Waals surface area contributed by atoms with Crippen molar-refractivity contribution in [3.8, 4) is 22.3 Å². The van der Waals surface area contributed by atoms with Crippen LogP contribution in [0.3, 0.4) is 0 Å². The summed E-state index contributed by atoms with van der Waals surface area (Å²) in [6.45, 7) is 0. The molecular weight excluding hydrogens is 741 g/mol. The van der Waals surface area contributed by atoms with Crippen LogP contribution in [-0.4, -0.2) is 11.5 Å². The molecule has 11 aromatic rings. The molecule has 0 amide bonds. The number of aliphatic imine (C=N–C) groups is 2. The van der Waals surface area contributed by atoms with Gasteiger partial charge in [0, 0.05) is 10.8 Å². The molecule has 0 spiro atoms. The molecule has 0 radical (unpaired) electrons. The van der Waals surface area contributed by atoms with Gasteiger partial charge < -0.3 is 4.42 Å². The lowest BCUT2D eigenvalue weighted by Crippen LogP contribution is -2.09. The van der Waals surface area contributed by atoms with E-state index in [4.69, 9.17) is 14.4 Å². The maximum Gasteiger partial charge on any atom is 0.163 e. The predicted octanol–water partition coefficient (Wildman–Crippen LogP) is 15.6. The first kappa shape index (κ1) is 35.1. The van der Waals surface area contributed by atoms with Gasteiger partial charge in [0.05, 0.1) is 17.0 Å². The molecule has 286 valence electrons. The molecule has 3 nitrogen and oxygen atoms in total. The average molecular weight is 779 g/mol. The molecule has 0 fully saturated rings. The fraction of sp³-hybridized carbons (Fsp3) is 0.0345. The van der Waals surface area contributed by atoms with Gasteiger partial charge in [-0.05, 0) is 120 Å². The van der Waals surface area contributed by atoms with Crippen LogP contribution in [-0.2, 0) is 0 Å². The van der Waals surface area contributed by atoms with Crippen molar-refractivity contribution in [2.75, 3.05) is 0 Å². The highest BCUT2D eigenvalue weighted by Gasteiger charge is 2.21. The molecule has 1 aliphatic rings. The van der Waals surface area contributed by atoms with Gasteiger partial charge in [-0.15, -0.1) is 0 Å². The monoisotopic (exact) mass is 778 g/mol. The quantitative estimate of drug-likeness (QED) is 0.160. The van der Waals surface area contributed by atoms with Crippen molar-refractivity contribution in [2.45, 2.75) is 12.8 Å². The summed E-state index contributed by atoms with van der Waals surface area (Å²) < 4.78 is 6.89. The summed E-state index contributed by atoms with van der Waals surface area (Å²) in [5.41, 5.74) is 11.1. The molecular formula is C58H38N2O. The smallest absolute Gasteiger partial charge is 0.163 e. The van der Waals surface area contributed by atoms with E-state index in [0.29, 0.717) is 5.84 Å². The Kier molecular flexibility index (Phi) is 8.31. The van der Waals surface area contributed by atoms with Gasteiger partial charge in [0.15, 0.2) is 5.84 Å². The van der Waals surface area contributed by atoms with Gasteiger partial charge in [-0.25, -0.2) is 9.98 Å². The fourth-order valence-electron chi connectivity index (χ4n) is 9.30. The lowest BCUT2D eigenvalue weighted by atomic mass is 9.91. The van der Waals surface area contributed by atoms with Gasteiger partial charge in [0.2, 0.25) is 0 Å². The number of fused-ring (bicyclic) bond motifs is 10. The number of furan rings is 1. The molecule has 10 aromatic carbocycles. The number of nitrogens with zero attached hydrogens (tertiary/aromatic N) is 2. The maximum atomic E-state index is 6.89. The SMILES string of the molecule is C1=C(c2ccccc2)N=C(c2cc(-c3ccc(-c4ccc5c6ccccc6c6ccccc6c5c4)cc3)cc3c2oc2cc4ccccc4cc23)N=C(c2ccccc2)CC1. The summed E-state index contributed by atoms with van der Waals surface area (Å²) in [4.78, 5) is 10.9. The summed E-state index contributed by atoms with van der Waals surface area (Å²) in [5, 5.41) is 12.1. The molecule has 1 aliphatic heterocycles. The summed E-state index contributed by atoms with van der Waals surface area (Å²) in [6.07, 6.45) is 3.86. The molecule has 0 N–H and O–H groups in total. The number of hydrogen-bond donors (Lipinski definition) is 0. The van der Waals surface area contributed by atoms with Crippen LogP contribution in [0.15, 0.2) is 221 Å². The second-order valence-electron chi connectivity index (χ2n) is 16.0. The van der Waals surface area contributed by atoms with Crippen molar-refractivity contribution in [2.24, 2.45) is 9.98 Å². The van der Waals surface area contributed by atoms with Crippen LogP contribution in [0.25, 0.3) is 93.0 Å². The minimum absolute atomic E-state index is 0.636. The van der Waals surface area contributed by atoms with Crippen LogP contribution in [0.5, 0.6) is 0 Å². The van der Waals surface area contributed by atoms with E-state index in [9.17, 15) is 0 Å². The molecule has 3 heteroatoms. The largest absolute Gasteiger partial charge is 0.455 e. The molecule has 0 bridgehead atoms. The summed E-state index contributed by atoms with van der Waals surface area (Å²) in [5.74, 6) is 0.636. The lowest BCUT2D eigenvalue weighted by molar-refractivity contribution is 0.668. The van der Waals surface area contributed by atoms with Gasteiger partial charge in [-0.1, -0.05) is 176 Å². The number of hydrogen-bond acceptors (Lipinski definition) is 3. The van der Waals surface area contributed by atoms with E-state index < -0.39 is 0 Å². The summed E-state index contributed by atoms with van der Waals surface area (Å²) in [6, 6.07) is 71.7. The van der Waals surface area contributed by atoms with Crippen LogP contribution in [0.2, 0.25) is 0 Å². The third-order valence-corrected chi connectivity index (χ3v) is 12.3. The Morgan fingerprint density at radius 2 is 0.902 bits per heavy atom. The highest BCUT2D eigenvalue weighted by Crippen LogP contribution is 2.40. The fourth-order valence-corrected chi connectivity index (χ4v) is 9.30. The number of amidine groups is 1. The minimum atomic E-state index is 0.636. The summed E-state index contributed by atoms with van der Waals surface area (Å²) in [7, 11) is 0. The van der Waals surface area contributed by atoms with E-state index in [0.717, 1.165) is 79.4 Å². The number of rotatable bonds is 5. The normalized spacial score (nSPS) is 13.4. The lowest BCUT2D eigenvalue weighted by Gasteiger charge is -2.15. The molecule has 0 saturated heterocycles. The van der Waals surface area contributed by atoms with Crippen molar-refractivity contribution < 1.29 is 4.42 Å². The zero-order valence-electron chi connectivity index (χ0n) is 33.3. The predicted molar refractivity (Wildman–Crippen MR) is 258 cm³/mol. The molecule has 2 heterocycles. The van der Waals surface area contributed by atoms with E-state index in [2.05, 4.69) is 200 Å². The zero-order valence-corrected chi connectivity index (χ0v) is 33.3. The zero-order chi connectivity index (χ0) is 40.3. The van der Waals surface area contributed by atoms with Crippen LogP contribution < -0.4 is 0 Å². The van der Waals surface area contributed by atoms with E-state index in [1.165, 1.54) is 48.8 Å². The molecule has 61 heavy (non-hydrogen) atoms. The average Bonchev–Trinajstić information content (AvgIpc) is 3.68. The third kappa shape index (κ3) is 6.13. The Labute approximate surface area is 353 Å². The van der Waals surface area contributed by atoms with E-state index >= 15 is 0 Å². The van der Waals surface area contributed by atoms with Gasteiger partial charge in [-0.3, -0.25) is 0 Å². The van der Waals surface area contributed by atoms with Crippen molar-refractivity contribution in [1.82, 2.24) is 0 Å². The Balaban J connectivity index is 1.05.